The first kappa shape index (κ1) is 12.7. The molecule has 2 rings (SSSR count). The predicted molar refractivity (Wildman–Crippen MR) is 58.0 cm³/mol. The molecule has 0 aromatic heterocycles. The summed E-state index contributed by atoms with van der Waals surface area (Å²) in [4.78, 5) is 4.01. The van der Waals surface area contributed by atoms with Gasteiger partial charge in [-0.2, -0.15) is 0 Å². The fourth-order valence-electron chi connectivity index (χ4n) is 1.60. The molecule has 1 aliphatic rings. The van der Waals surface area contributed by atoms with Gasteiger partial charge in [0.15, 0.2) is 23.4 Å². The van der Waals surface area contributed by atoms with E-state index >= 15 is 0 Å². The highest BCUT2D eigenvalue weighted by atomic mass is 19.2. The Morgan fingerprint density at radius 3 is 2.61 bits per heavy atom. The molecule has 1 aromatic carbocycles. The Morgan fingerprint density at radius 1 is 1.28 bits per heavy atom. The monoisotopic (exact) mass is 261 g/mol. The number of aliphatic imine (C=N–C) groups is 1. The van der Waals surface area contributed by atoms with Crippen molar-refractivity contribution in [2.75, 3.05) is 6.54 Å². The fourth-order valence-corrected chi connectivity index (χ4v) is 1.60. The molecule has 0 fully saturated rings. The summed E-state index contributed by atoms with van der Waals surface area (Å²) in [7, 11) is 0. The molecule has 1 heterocycles. The van der Waals surface area contributed by atoms with Gasteiger partial charge < -0.3 is 10.6 Å². The van der Waals surface area contributed by atoms with Crippen LogP contribution in [0.3, 0.4) is 0 Å². The molecule has 18 heavy (non-hydrogen) atoms. The van der Waals surface area contributed by atoms with Crippen molar-refractivity contribution in [1.82, 2.24) is 10.6 Å². The molecule has 0 radical (unpaired) electrons. The number of halogens is 4. The third kappa shape index (κ3) is 2.39. The summed E-state index contributed by atoms with van der Waals surface area (Å²) in [6.45, 7) is 2.12. The molecule has 1 unspecified atom stereocenters. The number of hydrogen-bond acceptors (Lipinski definition) is 3. The second kappa shape index (κ2) is 4.83. The minimum Gasteiger partial charge on any atom is -0.352 e. The molecule has 98 valence electrons. The Balaban J connectivity index is 2.12. The van der Waals surface area contributed by atoms with Crippen LogP contribution >= 0.6 is 0 Å². The van der Waals surface area contributed by atoms with Crippen molar-refractivity contribution in [3.8, 4) is 0 Å². The minimum absolute atomic E-state index is 0.132. The average Bonchev–Trinajstić information content (AvgIpc) is 2.72. The third-order valence-electron chi connectivity index (χ3n) is 2.55. The number of nitrogens with zero attached hydrogens (tertiary/aromatic N) is 1. The van der Waals surface area contributed by atoms with Crippen molar-refractivity contribution < 1.29 is 17.6 Å². The highest BCUT2D eigenvalue weighted by molar-refractivity contribution is 5.81. The average molecular weight is 261 g/mol. The van der Waals surface area contributed by atoms with E-state index in [4.69, 9.17) is 0 Å². The van der Waals surface area contributed by atoms with Crippen LogP contribution in [0.5, 0.6) is 0 Å². The normalized spacial score (nSPS) is 18.5. The first-order valence-electron chi connectivity index (χ1n) is 5.35. The summed E-state index contributed by atoms with van der Waals surface area (Å²) >= 11 is 0. The zero-order chi connectivity index (χ0) is 13.3. The van der Waals surface area contributed by atoms with Gasteiger partial charge in [-0.25, -0.2) is 17.6 Å². The molecule has 0 bridgehead atoms. The summed E-state index contributed by atoms with van der Waals surface area (Å²) in [6.07, 6.45) is 0. The predicted octanol–water partition coefficient (Wildman–Crippen LogP) is 1.68. The second-order valence-corrected chi connectivity index (χ2v) is 4.03. The molecule has 1 aliphatic heterocycles. The molecule has 1 atom stereocenters. The molecule has 3 nitrogen and oxygen atoms in total. The van der Waals surface area contributed by atoms with Gasteiger partial charge in [0.05, 0.1) is 6.54 Å². The van der Waals surface area contributed by atoms with Gasteiger partial charge in [0.1, 0.15) is 5.82 Å². The summed E-state index contributed by atoms with van der Waals surface area (Å²) in [5, 5.41) is 5.54. The molecule has 0 saturated carbocycles. The molecule has 1 aromatic rings. The number of hydrogen-bond donors (Lipinski definition) is 2. The Bertz CT molecular complexity index is 502. The van der Waals surface area contributed by atoms with Gasteiger partial charge in [0, 0.05) is 24.2 Å². The lowest BCUT2D eigenvalue weighted by Crippen LogP contribution is -2.37. The van der Waals surface area contributed by atoms with Crippen LogP contribution in [0.25, 0.3) is 0 Å². The Morgan fingerprint density at radius 2 is 2.00 bits per heavy atom. The molecule has 0 saturated heterocycles. The maximum Gasteiger partial charge on any atom is 0.194 e. The topological polar surface area (TPSA) is 36.4 Å². The van der Waals surface area contributed by atoms with E-state index in [0.717, 1.165) is 0 Å². The lowest BCUT2D eigenvalue weighted by Gasteiger charge is -2.10. The van der Waals surface area contributed by atoms with Crippen molar-refractivity contribution in [1.29, 1.82) is 0 Å². The lowest BCUT2D eigenvalue weighted by molar-refractivity contribution is 0.423. The zero-order valence-corrected chi connectivity index (χ0v) is 9.53. The van der Waals surface area contributed by atoms with Gasteiger partial charge in [-0.15, -0.1) is 0 Å². The van der Waals surface area contributed by atoms with Crippen molar-refractivity contribution in [3.05, 3.63) is 34.9 Å². The highest BCUT2D eigenvalue weighted by Gasteiger charge is 2.20. The van der Waals surface area contributed by atoms with Crippen molar-refractivity contribution in [3.63, 3.8) is 0 Å². The molecular weight excluding hydrogens is 250 g/mol. The third-order valence-corrected chi connectivity index (χ3v) is 2.55. The first-order valence-corrected chi connectivity index (χ1v) is 5.35. The summed E-state index contributed by atoms with van der Waals surface area (Å²) in [5.41, 5.74) is -0.557. The van der Waals surface area contributed by atoms with Gasteiger partial charge >= 0.3 is 0 Å². The second-order valence-electron chi connectivity index (χ2n) is 4.03. The van der Waals surface area contributed by atoms with E-state index in [1.54, 1.807) is 0 Å². The Hall–Kier alpha value is -1.79. The van der Waals surface area contributed by atoms with Crippen molar-refractivity contribution >= 4 is 5.96 Å². The van der Waals surface area contributed by atoms with E-state index < -0.39 is 28.8 Å². The van der Waals surface area contributed by atoms with E-state index in [-0.39, 0.29) is 12.6 Å². The van der Waals surface area contributed by atoms with E-state index in [0.29, 0.717) is 18.6 Å². The van der Waals surface area contributed by atoms with E-state index in [1.165, 1.54) is 0 Å². The maximum atomic E-state index is 13.3. The summed E-state index contributed by atoms with van der Waals surface area (Å²) in [6, 6.07) is 0.453. The Labute approximate surface area is 101 Å². The molecule has 2 N–H and O–H groups in total. The van der Waals surface area contributed by atoms with Crippen LogP contribution in [0, 0.1) is 23.3 Å². The van der Waals surface area contributed by atoms with E-state index in [2.05, 4.69) is 15.6 Å². The van der Waals surface area contributed by atoms with Crippen LogP contribution in [0.4, 0.5) is 17.6 Å². The zero-order valence-electron chi connectivity index (χ0n) is 9.53. The standard InChI is InChI=1S/C11H11F4N3/c1-5-3-16-11(18-5)17-4-6-7(12)2-8(13)10(15)9(6)14/h2,5H,3-4H2,1H3,(H2,16,17,18). The SMILES string of the molecule is CC1CN=C(NCc2c(F)cc(F)c(F)c2F)N1. The molecule has 0 spiro atoms. The quantitative estimate of drug-likeness (QED) is 0.483. The first-order chi connectivity index (χ1) is 8.49. The number of benzene rings is 1. The number of rotatable bonds is 2. The van der Waals surface area contributed by atoms with Gasteiger partial charge in [0.25, 0.3) is 0 Å². The smallest absolute Gasteiger partial charge is 0.194 e. The summed E-state index contributed by atoms with van der Waals surface area (Å²) < 4.78 is 52.3. The lowest BCUT2D eigenvalue weighted by atomic mass is 10.2. The van der Waals surface area contributed by atoms with Gasteiger partial charge in [0.2, 0.25) is 0 Å². The number of nitrogens with one attached hydrogen (secondary N) is 2. The van der Waals surface area contributed by atoms with Crippen molar-refractivity contribution in [2.45, 2.75) is 19.5 Å². The van der Waals surface area contributed by atoms with Crippen LogP contribution < -0.4 is 10.6 Å². The van der Waals surface area contributed by atoms with Crippen LogP contribution in [0.1, 0.15) is 12.5 Å². The molecule has 7 heteroatoms. The van der Waals surface area contributed by atoms with Crippen LogP contribution in [-0.2, 0) is 6.54 Å². The fraction of sp³-hybridized carbons (Fsp3) is 0.364. The molecular formula is C11H11F4N3. The van der Waals surface area contributed by atoms with Gasteiger partial charge in [-0.05, 0) is 6.92 Å². The largest absolute Gasteiger partial charge is 0.352 e. The summed E-state index contributed by atoms with van der Waals surface area (Å²) in [5.74, 6) is -5.50. The number of guanidine groups is 1. The highest BCUT2D eigenvalue weighted by Crippen LogP contribution is 2.18. The van der Waals surface area contributed by atoms with Crippen LogP contribution in [0.2, 0.25) is 0 Å². The van der Waals surface area contributed by atoms with Gasteiger partial charge in [-0.3, -0.25) is 4.99 Å². The maximum absolute atomic E-state index is 13.3. The Kier molecular flexibility index (Phi) is 3.40. The van der Waals surface area contributed by atoms with Crippen LogP contribution in [-0.4, -0.2) is 18.5 Å². The van der Waals surface area contributed by atoms with Crippen LogP contribution in [0.15, 0.2) is 11.1 Å². The molecule has 0 amide bonds. The van der Waals surface area contributed by atoms with Gasteiger partial charge in [-0.1, -0.05) is 0 Å². The van der Waals surface area contributed by atoms with Crippen molar-refractivity contribution in [2.24, 2.45) is 4.99 Å². The minimum atomic E-state index is -1.68. The van der Waals surface area contributed by atoms with E-state index in [9.17, 15) is 17.6 Å². The van der Waals surface area contributed by atoms with E-state index in [1.807, 2.05) is 6.92 Å². The molecule has 0 aliphatic carbocycles.